The van der Waals surface area contributed by atoms with Crippen LogP contribution in [0.4, 0.5) is 0 Å². The van der Waals surface area contributed by atoms with Crippen LogP contribution in [0.2, 0.25) is 5.02 Å². The van der Waals surface area contributed by atoms with Crippen molar-refractivity contribution in [3.8, 4) is 5.75 Å². The Morgan fingerprint density at radius 2 is 2.00 bits per heavy atom. The molecule has 0 radical (unpaired) electrons. The molecule has 0 spiro atoms. The van der Waals surface area contributed by atoms with Gasteiger partial charge in [0.25, 0.3) is 0 Å². The van der Waals surface area contributed by atoms with Gasteiger partial charge in [-0.1, -0.05) is 29.8 Å². The van der Waals surface area contributed by atoms with Gasteiger partial charge in [0, 0.05) is 23.0 Å². The summed E-state index contributed by atoms with van der Waals surface area (Å²) in [5, 5.41) is 10.1. The van der Waals surface area contributed by atoms with Crippen LogP contribution in [0.25, 0.3) is 0 Å². The number of hydrogen-bond acceptors (Lipinski definition) is 4. The van der Waals surface area contributed by atoms with E-state index in [0.29, 0.717) is 16.3 Å². The third-order valence-corrected chi connectivity index (χ3v) is 2.57. The normalized spacial score (nSPS) is 10.1. The minimum atomic E-state index is -1.34. The highest BCUT2D eigenvalue weighted by atomic mass is 35.5. The monoisotopic (exact) mass is 263 g/mol. The second-order valence-electron chi connectivity index (χ2n) is 3.52. The molecule has 6 heteroatoms. The van der Waals surface area contributed by atoms with Gasteiger partial charge in [-0.05, 0) is 18.2 Å². The zero-order valence-electron chi connectivity index (χ0n) is 9.49. The molecule has 2 rings (SSSR count). The van der Waals surface area contributed by atoms with Crippen LogP contribution in [0.15, 0.2) is 48.8 Å². The fraction of sp³-hybridized carbons (Fsp3) is 0.0833. The molecule has 0 saturated heterocycles. The van der Waals surface area contributed by atoms with E-state index in [9.17, 15) is 5.02 Å². The summed E-state index contributed by atoms with van der Waals surface area (Å²) in [4.78, 5) is 3.92. The molecule has 0 aliphatic rings. The molecule has 92 valence electrons. The number of hydrogen-bond donors (Lipinski definition) is 1. The maximum Gasteiger partial charge on any atom is 0.710 e. The van der Waals surface area contributed by atoms with Crippen LogP contribution in [-0.4, -0.2) is 17.3 Å². The highest BCUT2D eigenvalue weighted by Crippen LogP contribution is 2.15. The van der Waals surface area contributed by atoms with Gasteiger partial charge in [-0.3, -0.25) is 4.98 Å². The Kier molecular flexibility index (Phi) is 4.58. The first-order valence-corrected chi connectivity index (χ1v) is 5.73. The van der Waals surface area contributed by atoms with Gasteiger partial charge >= 0.3 is 7.32 Å². The van der Waals surface area contributed by atoms with Crippen LogP contribution in [-0.2, 0) is 11.3 Å². The molecule has 1 aromatic heterocycles. The molecule has 18 heavy (non-hydrogen) atoms. The van der Waals surface area contributed by atoms with Crippen LogP contribution >= 0.6 is 11.6 Å². The molecule has 0 saturated carbocycles. The molecule has 2 aromatic rings. The van der Waals surface area contributed by atoms with E-state index >= 15 is 0 Å². The van der Waals surface area contributed by atoms with Crippen molar-refractivity contribution in [1.29, 1.82) is 0 Å². The maximum atomic E-state index is 9.55. The zero-order chi connectivity index (χ0) is 12.8. The van der Waals surface area contributed by atoms with Crippen molar-refractivity contribution in [1.82, 2.24) is 4.98 Å². The number of para-hydroxylation sites is 1. The Hall–Kier alpha value is -1.56. The van der Waals surface area contributed by atoms with Crippen molar-refractivity contribution in [3.05, 3.63) is 59.4 Å². The third-order valence-electron chi connectivity index (χ3n) is 2.21. The summed E-state index contributed by atoms with van der Waals surface area (Å²) in [7, 11) is -1.34. The minimum absolute atomic E-state index is 0.126. The second-order valence-corrected chi connectivity index (χ2v) is 3.92. The van der Waals surface area contributed by atoms with E-state index < -0.39 is 7.32 Å². The van der Waals surface area contributed by atoms with Gasteiger partial charge in [0.2, 0.25) is 0 Å². The van der Waals surface area contributed by atoms with Gasteiger partial charge < -0.3 is 14.3 Å². The van der Waals surface area contributed by atoms with Crippen LogP contribution in [0.5, 0.6) is 5.75 Å². The number of halogens is 1. The second kappa shape index (κ2) is 6.40. The number of pyridine rings is 1. The fourth-order valence-electron chi connectivity index (χ4n) is 1.33. The van der Waals surface area contributed by atoms with Crippen molar-refractivity contribution >= 4 is 18.9 Å². The fourth-order valence-corrected chi connectivity index (χ4v) is 1.49. The van der Waals surface area contributed by atoms with Crippen molar-refractivity contribution in [2.24, 2.45) is 0 Å². The molecule has 4 nitrogen and oxygen atoms in total. The van der Waals surface area contributed by atoms with Gasteiger partial charge in [0.05, 0.1) is 6.61 Å². The summed E-state index contributed by atoms with van der Waals surface area (Å²) < 4.78 is 10.3. The van der Waals surface area contributed by atoms with E-state index in [-0.39, 0.29) is 6.61 Å². The number of rotatable bonds is 5. The van der Waals surface area contributed by atoms with E-state index in [1.165, 1.54) is 0 Å². The topological polar surface area (TPSA) is 51.6 Å². The van der Waals surface area contributed by atoms with Gasteiger partial charge in [-0.15, -0.1) is 0 Å². The molecule has 1 heterocycles. The van der Waals surface area contributed by atoms with Gasteiger partial charge in [0.15, 0.2) is 0 Å². The van der Waals surface area contributed by atoms with Crippen molar-refractivity contribution in [2.75, 3.05) is 0 Å². The number of nitrogens with zero attached hydrogens (tertiary/aromatic N) is 1. The Balaban J connectivity index is 1.86. The lowest BCUT2D eigenvalue weighted by atomic mass is 10.2. The van der Waals surface area contributed by atoms with E-state index in [2.05, 4.69) is 4.98 Å². The molecule has 0 aliphatic heterocycles. The van der Waals surface area contributed by atoms with Crippen LogP contribution in [0.1, 0.15) is 5.56 Å². The lowest BCUT2D eigenvalue weighted by Crippen LogP contribution is -2.26. The predicted molar refractivity (Wildman–Crippen MR) is 69.1 cm³/mol. The Morgan fingerprint density at radius 3 is 2.72 bits per heavy atom. The summed E-state index contributed by atoms with van der Waals surface area (Å²) in [6.07, 6.45) is 3.17. The molecule has 0 bridgehead atoms. The van der Waals surface area contributed by atoms with Crippen molar-refractivity contribution in [2.45, 2.75) is 6.61 Å². The average molecular weight is 263 g/mol. The average Bonchev–Trinajstić information content (AvgIpc) is 2.39. The summed E-state index contributed by atoms with van der Waals surface area (Å²) in [5.41, 5.74) is 0.690. The third kappa shape index (κ3) is 3.73. The molecular formula is C12H11BClNO3. The van der Waals surface area contributed by atoms with Crippen LogP contribution < -0.4 is 4.65 Å². The summed E-state index contributed by atoms with van der Waals surface area (Å²) in [6.45, 7) is 0.126. The van der Waals surface area contributed by atoms with Gasteiger partial charge in [0.1, 0.15) is 5.75 Å². The standard InChI is InChI=1S/C12H11BClNO3/c14-12-6-7-15-8-10(12)9-17-13(16)18-11-4-2-1-3-5-11/h1-8,16H,9H2. The summed E-state index contributed by atoms with van der Waals surface area (Å²) >= 11 is 5.93. The SMILES string of the molecule is OB(OCc1cnccc1Cl)Oc1ccccc1. The quantitative estimate of drug-likeness (QED) is 0.841. The van der Waals surface area contributed by atoms with Gasteiger partial charge in [-0.25, -0.2) is 0 Å². The highest BCUT2D eigenvalue weighted by molar-refractivity contribution is 6.35. The molecule has 1 N–H and O–H groups in total. The Labute approximate surface area is 110 Å². The lowest BCUT2D eigenvalue weighted by molar-refractivity contribution is 0.184. The van der Waals surface area contributed by atoms with Crippen LogP contribution in [0, 0.1) is 0 Å². The smallest absolute Gasteiger partial charge is 0.512 e. The minimum Gasteiger partial charge on any atom is -0.512 e. The first-order chi connectivity index (χ1) is 8.75. The first kappa shape index (κ1) is 12.9. The highest BCUT2D eigenvalue weighted by Gasteiger charge is 2.18. The zero-order valence-corrected chi connectivity index (χ0v) is 10.2. The van der Waals surface area contributed by atoms with Crippen molar-refractivity contribution < 1.29 is 14.3 Å². The largest absolute Gasteiger partial charge is 0.710 e. The molecular weight excluding hydrogens is 252 g/mol. The summed E-state index contributed by atoms with van der Waals surface area (Å²) in [6, 6.07) is 10.6. The number of aromatic nitrogens is 1. The predicted octanol–water partition coefficient (Wildman–Crippen LogP) is 2.31. The molecule has 0 unspecified atom stereocenters. The summed E-state index contributed by atoms with van der Waals surface area (Å²) in [5.74, 6) is 0.530. The van der Waals surface area contributed by atoms with Gasteiger partial charge in [-0.2, -0.15) is 0 Å². The first-order valence-electron chi connectivity index (χ1n) is 5.35. The van der Waals surface area contributed by atoms with E-state index in [1.807, 2.05) is 6.07 Å². The van der Waals surface area contributed by atoms with Crippen LogP contribution in [0.3, 0.4) is 0 Å². The Morgan fingerprint density at radius 1 is 1.22 bits per heavy atom. The number of benzene rings is 1. The van der Waals surface area contributed by atoms with E-state index in [4.69, 9.17) is 20.9 Å². The molecule has 0 fully saturated rings. The molecule has 0 amide bonds. The van der Waals surface area contributed by atoms with E-state index in [1.54, 1.807) is 42.7 Å². The van der Waals surface area contributed by atoms with E-state index in [0.717, 1.165) is 0 Å². The molecule has 1 aromatic carbocycles. The molecule has 0 aliphatic carbocycles. The lowest BCUT2D eigenvalue weighted by Gasteiger charge is -2.10. The van der Waals surface area contributed by atoms with Crippen molar-refractivity contribution in [3.63, 3.8) is 0 Å². The molecule has 0 atom stereocenters. The maximum absolute atomic E-state index is 9.55. The Bertz CT molecular complexity index is 498.